The van der Waals surface area contributed by atoms with E-state index in [4.69, 9.17) is 0 Å². The number of piperidine rings is 1. The minimum absolute atomic E-state index is 0. The second-order valence-electron chi connectivity index (χ2n) is 7.52. The Kier molecular flexibility index (Phi) is 7.63. The van der Waals surface area contributed by atoms with Crippen molar-refractivity contribution in [2.75, 3.05) is 19.6 Å². The van der Waals surface area contributed by atoms with Gasteiger partial charge in [0, 0.05) is 12.1 Å². The Hall–Kier alpha value is -1.89. The summed E-state index contributed by atoms with van der Waals surface area (Å²) >= 11 is 0. The molecular formula is C21H27ClN2O3S. The average molecular weight is 423 g/mol. The van der Waals surface area contributed by atoms with Crippen LogP contribution in [0.15, 0.2) is 59.5 Å². The van der Waals surface area contributed by atoms with Crippen LogP contribution in [0.1, 0.15) is 35.7 Å². The first kappa shape index (κ1) is 22.4. The van der Waals surface area contributed by atoms with Crippen molar-refractivity contribution in [3.8, 4) is 0 Å². The summed E-state index contributed by atoms with van der Waals surface area (Å²) in [5, 5.41) is 6.30. The van der Waals surface area contributed by atoms with Crippen LogP contribution in [0.25, 0.3) is 0 Å². The predicted molar refractivity (Wildman–Crippen MR) is 114 cm³/mol. The fourth-order valence-electron chi connectivity index (χ4n) is 3.31. The Labute approximate surface area is 173 Å². The fraction of sp³-hybridized carbons (Fsp3) is 0.381. The number of sulfone groups is 1. The van der Waals surface area contributed by atoms with Crippen LogP contribution in [-0.4, -0.2) is 34.0 Å². The molecule has 3 rings (SSSR count). The summed E-state index contributed by atoms with van der Waals surface area (Å²) in [5.41, 5.74) is 1.19. The van der Waals surface area contributed by atoms with E-state index in [-0.39, 0.29) is 34.4 Å². The number of nitrogens with one attached hydrogen (secondary N) is 2. The third kappa shape index (κ3) is 5.80. The third-order valence-electron chi connectivity index (χ3n) is 5.14. The molecule has 0 spiro atoms. The van der Waals surface area contributed by atoms with E-state index < -0.39 is 9.84 Å². The van der Waals surface area contributed by atoms with Gasteiger partial charge in [-0.1, -0.05) is 43.3 Å². The molecule has 1 heterocycles. The Balaban J connectivity index is 0.00000280. The number of rotatable bonds is 6. The van der Waals surface area contributed by atoms with Gasteiger partial charge in [0.2, 0.25) is 0 Å². The summed E-state index contributed by atoms with van der Waals surface area (Å²) in [7, 11) is -3.51. The largest absolute Gasteiger partial charge is 0.351 e. The number of benzene rings is 2. The topological polar surface area (TPSA) is 75.3 Å². The highest BCUT2D eigenvalue weighted by Crippen LogP contribution is 2.27. The molecule has 28 heavy (non-hydrogen) atoms. The van der Waals surface area contributed by atoms with E-state index >= 15 is 0 Å². The smallest absolute Gasteiger partial charge is 0.251 e. The van der Waals surface area contributed by atoms with Crippen LogP contribution >= 0.6 is 12.4 Å². The van der Waals surface area contributed by atoms with Crippen LogP contribution in [0.2, 0.25) is 0 Å². The molecule has 0 radical (unpaired) electrons. The highest BCUT2D eigenvalue weighted by atomic mass is 35.5. The normalized spacial score (nSPS) is 16.0. The van der Waals surface area contributed by atoms with Gasteiger partial charge in [0.15, 0.2) is 9.84 Å². The molecule has 1 aliphatic rings. The van der Waals surface area contributed by atoms with Crippen molar-refractivity contribution in [1.29, 1.82) is 0 Å². The van der Waals surface area contributed by atoms with Gasteiger partial charge in [-0.25, -0.2) is 8.42 Å². The zero-order valence-corrected chi connectivity index (χ0v) is 17.6. The van der Waals surface area contributed by atoms with Crippen LogP contribution in [0.3, 0.4) is 0 Å². The summed E-state index contributed by atoms with van der Waals surface area (Å²) < 4.78 is 25.4. The maximum Gasteiger partial charge on any atom is 0.251 e. The molecule has 0 unspecified atom stereocenters. The summed E-state index contributed by atoms with van der Waals surface area (Å²) in [6.45, 7) is 4.68. The quantitative estimate of drug-likeness (QED) is 0.749. The van der Waals surface area contributed by atoms with Crippen molar-refractivity contribution in [2.45, 2.75) is 30.4 Å². The summed E-state index contributed by atoms with van der Waals surface area (Å²) in [6.07, 6.45) is 2.03. The zero-order valence-electron chi connectivity index (χ0n) is 16.0. The highest BCUT2D eigenvalue weighted by Gasteiger charge is 2.27. The van der Waals surface area contributed by atoms with Crippen molar-refractivity contribution >= 4 is 28.2 Å². The lowest BCUT2D eigenvalue weighted by Crippen LogP contribution is -2.42. The Morgan fingerprint density at radius 2 is 1.75 bits per heavy atom. The Morgan fingerprint density at radius 1 is 1.07 bits per heavy atom. The van der Waals surface area contributed by atoms with E-state index in [1.54, 1.807) is 30.3 Å². The summed E-state index contributed by atoms with van der Waals surface area (Å²) in [5.74, 6) is -0.309. The molecule has 0 aliphatic carbocycles. The van der Waals surface area contributed by atoms with Gasteiger partial charge in [-0.05, 0) is 55.1 Å². The molecule has 2 aromatic rings. The van der Waals surface area contributed by atoms with Gasteiger partial charge < -0.3 is 10.6 Å². The predicted octanol–water partition coefficient (Wildman–Crippen LogP) is 3.20. The molecular weight excluding hydrogens is 396 g/mol. The van der Waals surface area contributed by atoms with Gasteiger partial charge in [-0.2, -0.15) is 0 Å². The van der Waals surface area contributed by atoms with E-state index in [9.17, 15) is 13.2 Å². The second-order valence-corrected chi connectivity index (χ2v) is 9.51. The molecule has 0 atom stereocenters. The van der Waals surface area contributed by atoms with E-state index in [0.29, 0.717) is 12.1 Å². The fourth-order valence-corrected chi connectivity index (χ4v) is 4.70. The molecule has 7 heteroatoms. The number of carbonyl (C=O) groups excluding carboxylic acids is 1. The first-order valence-electron chi connectivity index (χ1n) is 9.24. The molecule has 1 saturated heterocycles. The third-order valence-corrected chi connectivity index (χ3v) is 6.83. The first-order chi connectivity index (χ1) is 12.9. The van der Waals surface area contributed by atoms with E-state index in [1.807, 2.05) is 18.2 Å². The lowest BCUT2D eigenvalue weighted by atomic mass is 9.81. The number of halogens is 1. The van der Waals surface area contributed by atoms with Crippen molar-refractivity contribution in [2.24, 2.45) is 5.41 Å². The first-order valence-corrected chi connectivity index (χ1v) is 10.9. The molecule has 0 aromatic heterocycles. The minimum Gasteiger partial charge on any atom is -0.351 e. The molecule has 2 aromatic carbocycles. The van der Waals surface area contributed by atoms with Gasteiger partial charge in [0.25, 0.3) is 5.91 Å². The van der Waals surface area contributed by atoms with Gasteiger partial charge in [0.05, 0.1) is 10.6 Å². The monoisotopic (exact) mass is 422 g/mol. The van der Waals surface area contributed by atoms with E-state index in [0.717, 1.165) is 31.5 Å². The van der Waals surface area contributed by atoms with Gasteiger partial charge >= 0.3 is 0 Å². The lowest BCUT2D eigenvalue weighted by molar-refractivity contribution is 0.0922. The van der Waals surface area contributed by atoms with Gasteiger partial charge in [-0.3, -0.25) is 4.79 Å². The SMILES string of the molecule is CC1(CNC(=O)c2cccc(S(=O)(=O)Cc3ccccc3)c2)CCNCC1.Cl. The van der Waals surface area contributed by atoms with E-state index in [1.165, 1.54) is 6.07 Å². The Morgan fingerprint density at radius 3 is 2.43 bits per heavy atom. The van der Waals surface area contributed by atoms with Crippen molar-refractivity contribution < 1.29 is 13.2 Å². The highest BCUT2D eigenvalue weighted by molar-refractivity contribution is 7.90. The lowest BCUT2D eigenvalue weighted by Gasteiger charge is -2.34. The summed E-state index contributed by atoms with van der Waals surface area (Å²) in [4.78, 5) is 12.7. The van der Waals surface area contributed by atoms with Crippen LogP contribution < -0.4 is 10.6 Å². The molecule has 0 saturated carbocycles. The van der Waals surface area contributed by atoms with Crippen molar-refractivity contribution in [3.05, 3.63) is 65.7 Å². The van der Waals surface area contributed by atoms with Gasteiger partial charge in [0.1, 0.15) is 0 Å². The zero-order chi connectivity index (χ0) is 19.3. The molecule has 2 N–H and O–H groups in total. The summed E-state index contributed by atoms with van der Waals surface area (Å²) in [6, 6.07) is 15.3. The molecule has 5 nitrogen and oxygen atoms in total. The number of hydrogen-bond acceptors (Lipinski definition) is 4. The Bertz CT molecular complexity index is 895. The maximum absolute atomic E-state index is 12.7. The van der Waals surface area contributed by atoms with Crippen LogP contribution in [0.5, 0.6) is 0 Å². The minimum atomic E-state index is -3.51. The van der Waals surface area contributed by atoms with Crippen LogP contribution in [0.4, 0.5) is 0 Å². The van der Waals surface area contributed by atoms with Crippen LogP contribution in [0, 0.1) is 5.41 Å². The van der Waals surface area contributed by atoms with Crippen molar-refractivity contribution in [1.82, 2.24) is 10.6 Å². The molecule has 1 fully saturated rings. The van der Waals surface area contributed by atoms with Crippen molar-refractivity contribution in [3.63, 3.8) is 0 Å². The second kappa shape index (κ2) is 9.54. The maximum atomic E-state index is 12.7. The number of amides is 1. The number of carbonyl (C=O) groups is 1. The van der Waals surface area contributed by atoms with Crippen LogP contribution in [-0.2, 0) is 15.6 Å². The number of hydrogen-bond donors (Lipinski definition) is 2. The average Bonchev–Trinajstić information content (AvgIpc) is 2.67. The molecule has 1 aliphatic heterocycles. The van der Waals surface area contributed by atoms with E-state index in [2.05, 4.69) is 17.6 Å². The van der Waals surface area contributed by atoms with Gasteiger partial charge in [-0.15, -0.1) is 12.4 Å². The molecule has 0 bridgehead atoms. The molecule has 152 valence electrons. The molecule has 1 amide bonds. The standard InChI is InChI=1S/C21H26N2O3S.ClH/c1-21(10-12-22-13-11-21)16-23-20(24)18-8-5-9-19(14-18)27(25,26)15-17-6-3-2-4-7-17;/h2-9,14,22H,10-13,15-16H2,1H3,(H,23,24);1H.